The van der Waals surface area contributed by atoms with E-state index in [0.29, 0.717) is 10.2 Å². The fraction of sp³-hybridized carbons (Fsp3) is 0.250. The van der Waals surface area contributed by atoms with E-state index in [2.05, 4.69) is 20.9 Å². The van der Waals surface area contributed by atoms with Crippen LogP contribution < -0.4 is 4.74 Å². The predicted molar refractivity (Wildman–Crippen MR) is 81.5 cm³/mol. The smallest absolute Gasteiger partial charge is 0.246 e. The predicted octanol–water partition coefficient (Wildman–Crippen LogP) is 2.73. The Hall–Kier alpha value is -0.960. The maximum Gasteiger partial charge on any atom is 0.246 e. The summed E-state index contributed by atoms with van der Waals surface area (Å²) in [7, 11) is -0.667. The summed E-state index contributed by atoms with van der Waals surface area (Å²) in [6.45, 7) is 0.224. The molecule has 0 amide bonds. The second-order valence-corrected chi connectivity index (χ2v) is 7.68. The van der Waals surface area contributed by atoms with Gasteiger partial charge in [0.25, 0.3) is 0 Å². The summed E-state index contributed by atoms with van der Waals surface area (Å²) in [5.74, 6) is 0.318. The molecule has 8 heteroatoms. The largest absolute Gasteiger partial charge is 0.495 e. The van der Waals surface area contributed by atoms with Crippen LogP contribution in [-0.4, -0.2) is 31.9 Å². The summed E-state index contributed by atoms with van der Waals surface area (Å²) in [5.41, 5.74) is 2.39. The highest BCUT2D eigenvalue weighted by Crippen LogP contribution is 2.29. The Morgan fingerprint density at radius 1 is 1.45 bits per heavy atom. The number of halogens is 1. The summed E-state index contributed by atoms with van der Waals surface area (Å²) in [5, 5.41) is 1.82. The van der Waals surface area contributed by atoms with Crippen LogP contribution in [0.1, 0.15) is 5.69 Å². The van der Waals surface area contributed by atoms with Crippen LogP contribution in [-0.2, 0) is 16.6 Å². The third-order valence-corrected chi connectivity index (χ3v) is 5.64. The molecule has 2 aromatic rings. The van der Waals surface area contributed by atoms with Gasteiger partial charge in [-0.1, -0.05) is 15.9 Å². The van der Waals surface area contributed by atoms with E-state index < -0.39 is 10.0 Å². The maximum absolute atomic E-state index is 12.6. The Morgan fingerprint density at radius 2 is 2.20 bits per heavy atom. The second-order valence-electron chi connectivity index (χ2n) is 4.04. The first kappa shape index (κ1) is 15.4. The van der Waals surface area contributed by atoms with Crippen molar-refractivity contribution in [3.8, 4) is 5.75 Å². The van der Waals surface area contributed by atoms with Crippen LogP contribution in [0.15, 0.2) is 38.5 Å². The van der Waals surface area contributed by atoms with Gasteiger partial charge in [-0.3, -0.25) is 0 Å². The lowest BCUT2D eigenvalue weighted by atomic mass is 10.3. The Morgan fingerprint density at radius 3 is 2.80 bits per heavy atom. The molecule has 0 saturated carbocycles. The molecule has 0 radical (unpaired) electrons. The van der Waals surface area contributed by atoms with Crippen LogP contribution in [0.5, 0.6) is 5.75 Å². The molecule has 0 bridgehead atoms. The van der Waals surface area contributed by atoms with Crippen molar-refractivity contribution in [1.29, 1.82) is 0 Å². The van der Waals surface area contributed by atoms with Crippen molar-refractivity contribution in [2.24, 2.45) is 0 Å². The van der Waals surface area contributed by atoms with E-state index in [1.54, 1.807) is 17.6 Å². The van der Waals surface area contributed by atoms with E-state index >= 15 is 0 Å². The number of sulfonamides is 1. The van der Waals surface area contributed by atoms with Gasteiger partial charge in [0, 0.05) is 16.9 Å². The van der Waals surface area contributed by atoms with Crippen molar-refractivity contribution in [1.82, 2.24) is 9.29 Å². The lowest BCUT2D eigenvalue weighted by molar-refractivity contribution is 0.397. The minimum Gasteiger partial charge on any atom is -0.495 e. The van der Waals surface area contributed by atoms with Gasteiger partial charge in [-0.05, 0) is 18.2 Å². The van der Waals surface area contributed by atoms with E-state index in [4.69, 9.17) is 4.74 Å². The van der Waals surface area contributed by atoms with Crippen LogP contribution in [0.4, 0.5) is 0 Å². The van der Waals surface area contributed by atoms with Gasteiger partial charge >= 0.3 is 0 Å². The molecule has 1 aromatic carbocycles. The van der Waals surface area contributed by atoms with E-state index in [1.165, 1.54) is 35.9 Å². The highest BCUT2D eigenvalue weighted by molar-refractivity contribution is 9.10. The number of benzene rings is 1. The fourth-order valence-electron chi connectivity index (χ4n) is 1.65. The summed E-state index contributed by atoms with van der Waals surface area (Å²) >= 11 is 4.71. The lowest BCUT2D eigenvalue weighted by Gasteiger charge is -2.18. The molecule has 0 aliphatic rings. The molecule has 0 aliphatic heterocycles. The van der Waals surface area contributed by atoms with Crippen LogP contribution >= 0.6 is 27.3 Å². The molecule has 5 nitrogen and oxygen atoms in total. The minimum absolute atomic E-state index is 0.132. The third kappa shape index (κ3) is 3.20. The molecule has 0 fully saturated rings. The quantitative estimate of drug-likeness (QED) is 0.804. The Labute approximate surface area is 130 Å². The van der Waals surface area contributed by atoms with E-state index in [-0.39, 0.29) is 11.4 Å². The first-order valence-electron chi connectivity index (χ1n) is 5.62. The standard InChI is InChI=1S/C12H13BrN2O3S2/c1-15(6-10-7-19-8-14-10)20(16,17)12-5-9(13)3-4-11(12)18-2/h3-5,7-8H,6H2,1-2H3. The van der Waals surface area contributed by atoms with Crippen molar-refractivity contribution in [3.63, 3.8) is 0 Å². The van der Waals surface area contributed by atoms with Gasteiger partial charge in [0.15, 0.2) is 0 Å². The molecular weight excluding hydrogens is 364 g/mol. The average molecular weight is 377 g/mol. The van der Waals surface area contributed by atoms with E-state index in [1.807, 2.05) is 5.38 Å². The number of rotatable bonds is 5. The monoisotopic (exact) mass is 376 g/mol. The highest BCUT2D eigenvalue weighted by Gasteiger charge is 2.25. The molecule has 2 rings (SSSR count). The first-order chi connectivity index (χ1) is 9.45. The molecule has 0 unspecified atom stereocenters. The number of nitrogens with zero attached hydrogens (tertiary/aromatic N) is 2. The lowest BCUT2D eigenvalue weighted by Crippen LogP contribution is -2.27. The first-order valence-corrected chi connectivity index (χ1v) is 8.79. The SMILES string of the molecule is COc1ccc(Br)cc1S(=O)(=O)N(C)Cc1cscn1. The maximum atomic E-state index is 12.6. The Bertz CT molecular complexity index is 687. The Balaban J connectivity index is 2.36. The number of aromatic nitrogens is 1. The van der Waals surface area contributed by atoms with Gasteiger partial charge in [0.1, 0.15) is 10.6 Å². The molecule has 108 valence electrons. The normalized spacial score (nSPS) is 11.8. The number of hydrogen-bond donors (Lipinski definition) is 0. The molecule has 0 aliphatic carbocycles. The highest BCUT2D eigenvalue weighted by atomic mass is 79.9. The van der Waals surface area contributed by atoms with Crippen LogP contribution in [0, 0.1) is 0 Å². The zero-order valence-electron chi connectivity index (χ0n) is 10.9. The van der Waals surface area contributed by atoms with Gasteiger partial charge in [-0.15, -0.1) is 11.3 Å². The fourth-order valence-corrected chi connectivity index (χ4v) is 4.03. The van der Waals surface area contributed by atoms with Crippen molar-refractivity contribution in [3.05, 3.63) is 39.3 Å². The van der Waals surface area contributed by atoms with Crippen molar-refractivity contribution < 1.29 is 13.2 Å². The summed E-state index contributed by atoms with van der Waals surface area (Å²) in [6.07, 6.45) is 0. The molecule has 0 saturated heterocycles. The van der Waals surface area contributed by atoms with Crippen LogP contribution in [0.25, 0.3) is 0 Å². The second kappa shape index (κ2) is 6.21. The van der Waals surface area contributed by atoms with Gasteiger partial charge in [-0.25, -0.2) is 13.4 Å². The average Bonchev–Trinajstić information content (AvgIpc) is 2.91. The molecule has 0 spiro atoms. The van der Waals surface area contributed by atoms with Gasteiger partial charge in [0.05, 0.1) is 24.9 Å². The van der Waals surface area contributed by atoms with Crippen LogP contribution in [0.2, 0.25) is 0 Å². The van der Waals surface area contributed by atoms with Crippen molar-refractivity contribution in [2.75, 3.05) is 14.2 Å². The molecule has 20 heavy (non-hydrogen) atoms. The zero-order chi connectivity index (χ0) is 14.8. The molecule has 1 aromatic heterocycles. The van der Waals surface area contributed by atoms with Crippen molar-refractivity contribution >= 4 is 37.3 Å². The third-order valence-electron chi connectivity index (χ3n) is 2.68. The van der Waals surface area contributed by atoms with Gasteiger partial charge in [0.2, 0.25) is 10.0 Å². The van der Waals surface area contributed by atoms with E-state index in [0.717, 1.165) is 5.69 Å². The molecule has 0 atom stereocenters. The van der Waals surface area contributed by atoms with Crippen molar-refractivity contribution in [2.45, 2.75) is 11.4 Å². The summed E-state index contributed by atoms with van der Waals surface area (Å²) in [6, 6.07) is 4.89. The molecule has 0 N–H and O–H groups in total. The van der Waals surface area contributed by atoms with Crippen LogP contribution in [0.3, 0.4) is 0 Å². The number of thiazole rings is 1. The van der Waals surface area contributed by atoms with Gasteiger partial charge < -0.3 is 4.74 Å². The summed E-state index contributed by atoms with van der Waals surface area (Å²) in [4.78, 5) is 4.23. The minimum atomic E-state index is -3.64. The number of hydrogen-bond acceptors (Lipinski definition) is 5. The van der Waals surface area contributed by atoms with E-state index in [9.17, 15) is 8.42 Å². The zero-order valence-corrected chi connectivity index (χ0v) is 14.1. The molecular formula is C12H13BrN2O3S2. The number of ether oxygens (including phenoxy) is 1. The number of methoxy groups -OCH3 is 1. The topological polar surface area (TPSA) is 59.5 Å². The molecule has 1 heterocycles. The summed E-state index contributed by atoms with van der Waals surface area (Å²) < 4.78 is 32.2. The Kier molecular flexibility index (Phi) is 4.79. The van der Waals surface area contributed by atoms with Gasteiger partial charge in [-0.2, -0.15) is 4.31 Å².